The van der Waals surface area contributed by atoms with Gasteiger partial charge < -0.3 is 5.73 Å². The lowest BCUT2D eigenvalue weighted by molar-refractivity contribution is -0.138. The number of nitrogen functional groups attached to an aromatic ring is 1. The number of likely N-dealkylation sites (N-methyl/N-ethyl adjacent to an activating group) is 1. The van der Waals surface area contributed by atoms with E-state index in [-0.39, 0.29) is 43.1 Å². The summed E-state index contributed by atoms with van der Waals surface area (Å²) in [6.45, 7) is 1.15. The minimum atomic E-state index is -4.53. The molecule has 2 N–H and O–H groups in total. The van der Waals surface area contributed by atoms with Crippen LogP contribution in [0.4, 0.5) is 19.0 Å². The third-order valence-electron chi connectivity index (χ3n) is 5.42. The smallest absolute Gasteiger partial charge is 0.384 e. The van der Waals surface area contributed by atoms with Gasteiger partial charge >= 0.3 is 11.9 Å². The summed E-state index contributed by atoms with van der Waals surface area (Å²) in [5.74, 6) is -0.948. The molecule has 0 aliphatic rings. The number of rotatable bonds is 8. The van der Waals surface area contributed by atoms with Gasteiger partial charge in [-0.1, -0.05) is 48.5 Å². The maximum atomic E-state index is 13.3. The minimum Gasteiger partial charge on any atom is -0.384 e. The maximum Gasteiger partial charge on any atom is 0.416 e. The molecule has 0 unspecified atom stereocenters. The first-order chi connectivity index (χ1) is 16.0. The summed E-state index contributed by atoms with van der Waals surface area (Å²) < 4.78 is 42.0. The van der Waals surface area contributed by atoms with Gasteiger partial charge in [-0.15, -0.1) is 0 Å². The van der Waals surface area contributed by atoms with Gasteiger partial charge in [0, 0.05) is 13.1 Å². The standard InChI is InChI=1S/C24H25F3N4O3/c1-3-30-22(33)20(21(28)31(23(30)34)13-16-9-5-4-6-10-16)19(32)15-29(2)14-17-11-7-8-12-18(17)24(25,26)27/h4-12H,3,13-15,28H2,1-2H3. The summed E-state index contributed by atoms with van der Waals surface area (Å²) in [6.07, 6.45) is -4.53. The van der Waals surface area contributed by atoms with Crippen LogP contribution in [0, 0.1) is 0 Å². The van der Waals surface area contributed by atoms with Gasteiger partial charge in [0.15, 0.2) is 5.78 Å². The van der Waals surface area contributed by atoms with Gasteiger partial charge in [0.25, 0.3) is 5.56 Å². The highest BCUT2D eigenvalue weighted by Crippen LogP contribution is 2.32. The molecule has 180 valence electrons. The quantitative estimate of drug-likeness (QED) is 0.507. The molecule has 0 spiro atoms. The van der Waals surface area contributed by atoms with Crippen LogP contribution in [0.2, 0.25) is 0 Å². The molecule has 1 heterocycles. The van der Waals surface area contributed by atoms with Gasteiger partial charge in [-0.2, -0.15) is 13.2 Å². The molecule has 0 aliphatic heterocycles. The molecule has 7 nitrogen and oxygen atoms in total. The number of halogens is 3. The second-order valence-electron chi connectivity index (χ2n) is 7.91. The van der Waals surface area contributed by atoms with E-state index in [1.807, 2.05) is 6.07 Å². The number of carbonyl (C=O) groups is 1. The van der Waals surface area contributed by atoms with Crippen LogP contribution in [0.3, 0.4) is 0 Å². The van der Waals surface area contributed by atoms with Gasteiger partial charge in [-0.05, 0) is 31.2 Å². The topological polar surface area (TPSA) is 90.3 Å². The average Bonchev–Trinajstić information content (AvgIpc) is 2.77. The van der Waals surface area contributed by atoms with Crippen LogP contribution in [-0.2, 0) is 25.8 Å². The van der Waals surface area contributed by atoms with Crippen LogP contribution in [0.25, 0.3) is 0 Å². The number of nitrogens with zero attached hydrogens (tertiary/aromatic N) is 3. The summed E-state index contributed by atoms with van der Waals surface area (Å²) in [6, 6.07) is 14.0. The van der Waals surface area contributed by atoms with Gasteiger partial charge in [-0.3, -0.25) is 23.6 Å². The van der Waals surface area contributed by atoms with E-state index in [0.29, 0.717) is 0 Å². The lowest BCUT2D eigenvalue weighted by Gasteiger charge is -2.20. The monoisotopic (exact) mass is 474 g/mol. The molecule has 10 heteroatoms. The van der Waals surface area contributed by atoms with Crippen molar-refractivity contribution in [3.8, 4) is 0 Å². The number of Topliss-reactive ketones (excluding diaryl/α,β-unsaturated/α-hetero) is 1. The number of benzene rings is 2. The van der Waals surface area contributed by atoms with Crippen molar-refractivity contribution in [1.29, 1.82) is 0 Å². The fourth-order valence-corrected chi connectivity index (χ4v) is 3.78. The summed E-state index contributed by atoms with van der Waals surface area (Å²) in [5, 5.41) is 0. The van der Waals surface area contributed by atoms with E-state index in [1.54, 1.807) is 31.2 Å². The number of hydrogen-bond donors (Lipinski definition) is 1. The van der Waals surface area contributed by atoms with Gasteiger partial charge in [0.05, 0.1) is 18.7 Å². The third kappa shape index (κ3) is 5.28. The van der Waals surface area contributed by atoms with Crippen LogP contribution < -0.4 is 17.0 Å². The molecule has 0 fully saturated rings. The van der Waals surface area contributed by atoms with Crippen molar-refractivity contribution in [1.82, 2.24) is 14.0 Å². The van der Waals surface area contributed by atoms with Crippen LogP contribution in [0.1, 0.15) is 34.0 Å². The molecule has 0 aliphatic carbocycles. The van der Waals surface area contributed by atoms with Crippen LogP contribution >= 0.6 is 0 Å². The van der Waals surface area contributed by atoms with Crippen molar-refractivity contribution in [2.45, 2.75) is 32.7 Å². The zero-order valence-electron chi connectivity index (χ0n) is 18.8. The van der Waals surface area contributed by atoms with E-state index in [2.05, 4.69) is 0 Å². The number of aromatic nitrogens is 2. The lowest BCUT2D eigenvalue weighted by Crippen LogP contribution is -2.45. The van der Waals surface area contributed by atoms with Gasteiger partial charge in [-0.25, -0.2) is 4.79 Å². The lowest BCUT2D eigenvalue weighted by atomic mass is 10.1. The zero-order chi connectivity index (χ0) is 25.0. The highest BCUT2D eigenvalue weighted by molar-refractivity contribution is 6.01. The second-order valence-corrected chi connectivity index (χ2v) is 7.91. The summed E-state index contributed by atoms with van der Waals surface area (Å²) in [5.41, 5.74) is 4.27. The van der Waals surface area contributed by atoms with Crippen LogP contribution in [-0.4, -0.2) is 33.4 Å². The predicted octanol–water partition coefficient (Wildman–Crippen LogP) is 2.99. The molecule has 34 heavy (non-hydrogen) atoms. The van der Waals surface area contributed by atoms with Gasteiger partial charge in [0.1, 0.15) is 11.4 Å². The fourth-order valence-electron chi connectivity index (χ4n) is 3.78. The van der Waals surface area contributed by atoms with Crippen molar-refractivity contribution in [2.24, 2.45) is 0 Å². The maximum absolute atomic E-state index is 13.3. The van der Waals surface area contributed by atoms with Crippen molar-refractivity contribution in [3.63, 3.8) is 0 Å². The van der Waals surface area contributed by atoms with Gasteiger partial charge in [0.2, 0.25) is 0 Å². The Kier molecular flexibility index (Phi) is 7.41. The molecule has 2 aromatic carbocycles. The first-order valence-corrected chi connectivity index (χ1v) is 10.6. The van der Waals surface area contributed by atoms with Crippen LogP contribution in [0.15, 0.2) is 64.2 Å². The highest BCUT2D eigenvalue weighted by atomic mass is 19.4. The number of carbonyl (C=O) groups excluding carboxylic acids is 1. The Hall–Kier alpha value is -3.66. The van der Waals surface area contributed by atoms with Crippen LogP contribution in [0.5, 0.6) is 0 Å². The second kappa shape index (κ2) is 10.1. The molecule has 0 saturated carbocycles. The molecular formula is C24H25F3N4O3. The third-order valence-corrected chi connectivity index (χ3v) is 5.42. The largest absolute Gasteiger partial charge is 0.416 e. The van der Waals surface area contributed by atoms with Crippen molar-refractivity contribution in [3.05, 3.63) is 97.7 Å². The van der Waals surface area contributed by atoms with E-state index < -0.39 is 28.8 Å². The SMILES string of the molecule is CCn1c(=O)c(C(=O)CN(C)Cc2ccccc2C(F)(F)F)c(N)n(Cc2ccccc2)c1=O. The van der Waals surface area contributed by atoms with E-state index in [0.717, 1.165) is 20.8 Å². The molecule has 0 atom stereocenters. The highest BCUT2D eigenvalue weighted by Gasteiger charge is 2.33. The average molecular weight is 474 g/mol. The summed E-state index contributed by atoms with van der Waals surface area (Å²) in [4.78, 5) is 40.2. The molecule has 1 aromatic heterocycles. The van der Waals surface area contributed by atoms with Crippen molar-refractivity contribution < 1.29 is 18.0 Å². The fraction of sp³-hybridized carbons (Fsp3) is 0.292. The summed E-state index contributed by atoms with van der Waals surface area (Å²) in [7, 11) is 1.47. The molecular weight excluding hydrogens is 449 g/mol. The van der Waals surface area contributed by atoms with Crippen molar-refractivity contribution >= 4 is 11.6 Å². The molecule has 0 saturated heterocycles. The van der Waals surface area contributed by atoms with E-state index in [9.17, 15) is 27.6 Å². The normalized spacial score (nSPS) is 11.7. The molecule has 0 radical (unpaired) electrons. The Morgan fingerprint density at radius 1 is 1.00 bits per heavy atom. The number of ketones is 1. The Bertz CT molecular complexity index is 1300. The Labute approximate surface area is 193 Å². The number of alkyl halides is 3. The Morgan fingerprint density at radius 2 is 1.62 bits per heavy atom. The van der Waals surface area contributed by atoms with E-state index in [4.69, 9.17) is 5.73 Å². The molecule has 3 rings (SSSR count). The Morgan fingerprint density at radius 3 is 2.24 bits per heavy atom. The molecule has 0 amide bonds. The van der Waals surface area contributed by atoms with E-state index >= 15 is 0 Å². The molecule has 0 bridgehead atoms. The van der Waals surface area contributed by atoms with E-state index in [1.165, 1.54) is 30.1 Å². The van der Waals surface area contributed by atoms with Crippen molar-refractivity contribution in [2.75, 3.05) is 19.3 Å². The Balaban J connectivity index is 1.94. The first kappa shape index (κ1) is 25.0. The first-order valence-electron chi connectivity index (χ1n) is 10.6. The zero-order valence-corrected chi connectivity index (χ0v) is 18.8. The molecule has 3 aromatic rings. The predicted molar refractivity (Wildman–Crippen MR) is 123 cm³/mol. The number of nitrogens with two attached hydrogens (primary N) is 1. The minimum absolute atomic E-state index is 0.00158. The number of anilines is 1. The summed E-state index contributed by atoms with van der Waals surface area (Å²) >= 11 is 0. The number of hydrogen-bond acceptors (Lipinski definition) is 5.